The van der Waals surface area contributed by atoms with Crippen LogP contribution < -0.4 is 0 Å². The molecule has 0 radical (unpaired) electrons. The number of alkyl halides is 2. The predicted molar refractivity (Wildman–Crippen MR) is 112 cm³/mol. The zero-order chi connectivity index (χ0) is 18.2. The van der Waals surface area contributed by atoms with Gasteiger partial charge in [0.15, 0.2) is 0 Å². The highest BCUT2D eigenvalue weighted by Gasteiger charge is 2.22. The summed E-state index contributed by atoms with van der Waals surface area (Å²) >= 11 is 13.4. The molecule has 0 heterocycles. The molecule has 0 bridgehead atoms. The highest BCUT2D eigenvalue weighted by Crippen LogP contribution is 2.29. The second-order valence-electron chi connectivity index (χ2n) is 6.47. The van der Waals surface area contributed by atoms with Crippen molar-refractivity contribution >= 4 is 23.2 Å². The molecule has 134 valence electrons. The summed E-state index contributed by atoms with van der Waals surface area (Å²) in [5.74, 6) is 0. The van der Waals surface area contributed by atoms with E-state index in [1.807, 2.05) is 42.5 Å². The summed E-state index contributed by atoms with van der Waals surface area (Å²) in [4.78, 5) is 2.36. The number of hydrogen-bond donors (Lipinski definition) is 0. The molecule has 0 N–H and O–H groups in total. The molecule has 26 heavy (non-hydrogen) atoms. The average Bonchev–Trinajstić information content (AvgIpc) is 2.69. The summed E-state index contributed by atoms with van der Waals surface area (Å²) in [6, 6.07) is 31.0. The van der Waals surface area contributed by atoms with Crippen LogP contribution in [0.5, 0.6) is 0 Å². The largest absolute Gasteiger partial charge is 0.293 e. The first-order valence-corrected chi connectivity index (χ1v) is 9.73. The van der Waals surface area contributed by atoms with Gasteiger partial charge in [0, 0.05) is 19.6 Å². The fourth-order valence-corrected chi connectivity index (χ4v) is 3.62. The van der Waals surface area contributed by atoms with Crippen LogP contribution in [0.3, 0.4) is 0 Å². The Hall–Kier alpha value is -1.80. The number of benzene rings is 3. The third kappa shape index (κ3) is 5.60. The van der Waals surface area contributed by atoms with Crippen molar-refractivity contribution in [1.82, 2.24) is 4.90 Å². The minimum Gasteiger partial charge on any atom is -0.293 e. The molecule has 0 fully saturated rings. The van der Waals surface area contributed by atoms with Crippen molar-refractivity contribution in [2.24, 2.45) is 0 Å². The maximum atomic E-state index is 6.72. The first-order chi connectivity index (χ1) is 12.7. The van der Waals surface area contributed by atoms with Crippen molar-refractivity contribution in [3.8, 4) is 0 Å². The van der Waals surface area contributed by atoms with E-state index in [1.54, 1.807) is 0 Å². The lowest BCUT2D eigenvalue weighted by molar-refractivity contribution is 0.254. The zero-order valence-corrected chi connectivity index (χ0v) is 16.2. The predicted octanol–water partition coefficient (Wildman–Crippen LogP) is 6.28. The van der Waals surface area contributed by atoms with E-state index >= 15 is 0 Å². The van der Waals surface area contributed by atoms with Gasteiger partial charge in [0.2, 0.25) is 0 Å². The van der Waals surface area contributed by atoms with Crippen molar-refractivity contribution in [2.45, 2.75) is 23.8 Å². The van der Waals surface area contributed by atoms with Gasteiger partial charge in [-0.3, -0.25) is 4.90 Å². The Morgan fingerprint density at radius 2 is 1.04 bits per heavy atom. The van der Waals surface area contributed by atoms with Crippen molar-refractivity contribution in [1.29, 1.82) is 0 Å². The molecule has 0 amide bonds. The first kappa shape index (κ1) is 19.0. The average molecular weight is 384 g/mol. The van der Waals surface area contributed by atoms with Crippen LogP contribution in [0.2, 0.25) is 0 Å². The molecular formula is C23H23Cl2N. The highest BCUT2D eigenvalue weighted by molar-refractivity contribution is 6.30. The SMILES string of the molecule is ClC(CN(Cc1ccccc1)Cc1ccccc1)C(Cl)c1ccccc1. The van der Waals surface area contributed by atoms with Gasteiger partial charge in [-0.15, -0.1) is 23.2 Å². The van der Waals surface area contributed by atoms with Crippen LogP contribution in [-0.2, 0) is 13.1 Å². The van der Waals surface area contributed by atoms with E-state index in [1.165, 1.54) is 11.1 Å². The number of halogens is 2. The van der Waals surface area contributed by atoms with E-state index < -0.39 is 0 Å². The Bertz CT molecular complexity index is 720. The molecule has 3 aromatic rings. The Labute approximate surface area is 166 Å². The van der Waals surface area contributed by atoms with Gasteiger partial charge in [0.25, 0.3) is 0 Å². The van der Waals surface area contributed by atoms with E-state index in [-0.39, 0.29) is 10.8 Å². The molecule has 0 aliphatic carbocycles. The summed E-state index contributed by atoms with van der Waals surface area (Å²) in [5.41, 5.74) is 3.62. The third-order valence-corrected chi connectivity index (χ3v) is 5.44. The van der Waals surface area contributed by atoms with Crippen LogP contribution >= 0.6 is 23.2 Å². The van der Waals surface area contributed by atoms with Gasteiger partial charge in [-0.05, 0) is 16.7 Å². The van der Waals surface area contributed by atoms with Crippen molar-refractivity contribution in [3.63, 3.8) is 0 Å². The van der Waals surface area contributed by atoms with Gasteiger partial charge in [0.05, 0.1) is 10.8 Å². The Balaban J connectivity index is 1.72. The van der Waals surface area contributed by atoms with Gasteiger partial charge in [-0.2, -0.15) is 0 Å². The van der Waals surface area contributed by atoms with Crippen molar-refractivity contribution < 1.29 is 0 Å². The monoisotopic (exact) mass is 383 g/mol. The lowest BCUT2D eigenvalue weighted by Gasteiger charge is -2.27. The van der Waals surface area contributed by atoms with Gasteiger partial charge in [-0.1, -0.05) is 91.0 Å². The fourth-order valence-electron chi connectivity index (χ4n) is 3.05. The molecule has 0 saturated heterocycles. The summed E-state index contributed by atoms with van der Waals surface area (Å²) in [7, 11) is 0. The molecule has 0 spiro atoms. The molecule has 3 rings (SSSR count). The molecular weight excluding hydrogens is 361 g/mol. The Kier molecular flexibility index (Phi) is 7.13. The number of rotatable bonds is 8. The number of nitrogens with zero attached hydrogens (tertiary/aromatic N) is 1. The van der Waals surface area contributed by atoms with Gasteiger partial charge in [-0.25, -0.2) is 0 Å². The highest BCUT2D eigenvalue weighted by atomic mass is 35.5. The van der Waals surface area contributed by atoms with Crippen LogP contribution in [0.4, 0.5) is 0 Å². The molecule has 0 saturated carbocycles. The summed E-state index contributed by atoms with van der Waals surface area (Å²) in [6.45, 7) is 2.41. The lowest BCUT2D eigenvalue weighted by atomic mass is 10.1. The number of hydrogen-bond acceptors (Lipinski definition) is 1. The van der Waals surface area contributed by atoms with E-state index in [4.69, 9.17) is 23.2 Å². The van der Waals surface area contributed by atoms with Gasteiger partial charge < -0.3 is 0 Å². The van der Waals surface area contributed by atoms with E-state index in [0.717, 1.165) is 18.7 Å². The molecule has 2 atom stereocenters. The normalized spacial score (nSPS) is 13.5. The second-order valence-corrected chi connectivity index (χ2v) is 7.50. The van der Waals surface area contributed by atoms with E-state index in [2.05, 4.69) is 53.4 Å². The minimum absolute atomic E-state index is 0.175. The van der Waals surface area contributed by atoms with Crippen molar-refractivity contribution in [3.05, 3.63) is 108 Å². The van der Waals surface area contributed by atoms with Crippen molar-refractivity contribution in [2.75, 3.05) is 6.54 Å². The molecule has 0 aliphatic rings. The second kappa shape index (κ2) is 9.78. The van der Waals surface area contributed by atoms with E-state index in [9.17, 15) is 0 Å². The Morgan fingerprint density at radius 3 is 1.50 bits per heavy atom. The molecule has 0 aliphatic heterocycles. The Morgan fingerprint density at radius 1 is 0.615 bits per heavy atom. The zero-order valence-electron chi connectivity index (χ0n) is 14.6. The standard InChI is InChI=1S/C23H23Cl2N/c24-22(23(25)21-14-8-3-9-15-21)18-26(16-19-10-4-1-5-11-19)17-20-12-6-2-7-13-20/h1-15,22-23H,16-18H2. The van der Waals surface area contributed by atoms with Gasteiger partial charge >= 0.3 is 0 Å². The first-order valence-electron chi connectivity index (χ1n) is 8.85. The summed E-state index contributed by atoms with van der Waals surface area (Å²) < 4.78 is 0. The van der Waals surface area contributed by atoms with Crippen LogP contribution in [-0.4, -0.2) is 16.8 Å². The fraction of sp³-hybridized carbons (Fsp3) is 0.217. The van der Waals surface area contributed by atoms with Crippen LogP contribution in [0.25, 0.3) is 0 Å². The van der Waals surface area contributed by atoms with Crippen LogP contribution in [0.15, 0.2) is 91.0 Å². The molecule has 0 aromatic heterocycles. The quantitative estimate of drug-likeness (QED) is 0.414. The van der Waals surface area contributed by atoms with Crippen LogP contribution in [0.1, 0.15) is 22.1 Å². The maximum absolute atomic E-state index is 6.72. The topological polar surface area (TPSA) is 3.24 Å². The molecule has 1 nitrogen and oxygen atoms in total. The third-order valence-electron chi connectivity index (χ3n) is 4.37. The summed E-state index contributed by atoms with van der Waals surface area (Å²) in [6.07, 6.45) is 0. The molecule has 2 unspecified atom stereocenters. The molecule has 3 heteroatoms. The molecule has 3 aromatic carbocycles. The van der Waals surface area contributed by atoms with Crippen LogP contribution in [0, 0.1) is 0 Å². The smallest absolute Gasteiger partial charge is 0.0761 e. The van der Waals surface area contributed by atoms with E-state index in [0.29, 0.717) is 6.54 Å². The maximum Gasteiger partial charge on any atom is 0.0761 e. The van der Waals surface area contributed by atoms with Gasteiger partial charge in [0.1, 0.15) is 0 Å². The summed E-state index contributed by atoms with van der Waals surface area (Å²) in [5, 5.41) is -0.390. The minimum atomic E-state index is -0.216. The lowest BCUT2D eigenvalue weighted by Crippen LogP contribution is -2.31.